The Morgan fingerprint density at radius 2 is 2.16 bits per heavy atom. The fourth-order valence-electron chi connectivity index (χ4n) is 1.53. The number of nitro benzene ring substituents is 1. The molecule has 1 aromatic carbocycles. The molecule has 0 spiro atoms. The van der Waals surface area contributed by atoms with Gasteiger partial charge in [-0.1, -0.05) is 13.8 Å². The summed E-state index contributed by atoms with van der Waals surface area (Å²) in [5.41, 5.74) is 0.703. The minimum Gasteiger partial charge on any atom is -0.465 e. The van der Waals surface area contributed by atoms with E-state index in [4.69, 9.17) is 4.74 Å². The highest BCUT2D eigenvalue weighted by Gasteiger charge is 2.13. The molecule has 1 rings (SSSR count). The average molecular weight is 268 g/mol. The molecule has 0 bridgehead atoms. The maximum atomic E-state index is 10.7. The number of ether oxygens (including phenoxy) is 1. The van der Waals surface area contributed by atoms with Crippen LogP contribution >= 0.6 is 0 Å². The van der Waals surface area contributed by atoms with Crippen LogP contribution in [0.2, 0.25) is 0 Å². The minimum absolute atomic E-state index is 0.0481. The van der Waals surface area contributed by atoms with E-state index in [0.29, 0.717) is 24.8 Å². The first-order valence-electron chi connectivity index (χ1n) is 6.23. The molecule has 0 aliphatic rings. The number of rotatable bonds is 7. The molecule has 1 unspecified atom stereocenters. The molecular weight excluding hydrogens is 248 g/mol. The molecule has 6 nitrogen and oxygen atoms in total. The summed E-state index contributed by atoms with van der Waals surface area (Å²) < 4.78 is 5.33. The van der Waals surface area contributed by atoms with Crippen LogP contribution in [0, 0.1) is 17.0 Å². The van der Waals surface area contributed by atoms with Crippen molar-refractivity contribution in [3.63, 3.8) is 0 Å². The SMILES string of the molecule is Cc1ccc([N+](=O)[O-])cc1OC(O)CCNC(C)C. The van der Waals surface area contributed by atoms with Gasteiger partial charge in [-0.2, -0.15) is 0 Å². The van der Waals surface area contributed by atoms with Crippen LogP contribution in [0.3, 0.4) is 0 Å². The van der Waals surface area contributed by atoms with Crippen molar-refractivity contribution in [2.75, 3.05) is 6.54 Å². The highest BCUT2D eigenvalue weighted by molar-refractivity contribution is 5.43. The first-order chi connectivity index (χ1) is 8.90. The topological polar surface area (TPSA) is 84.6 Å². The summed E-state index contributed by atoms with van der Waals surface area (Å²) in [4.78, 5) is 10.2. The third-order valence-electron chi connectivity index (χ3n) is 2.59. The highest BCUT2D eigenvalue weighted by atomic mass is 16.6. The van der Waals surface area contributed by atoms with E-state index in [1.165, 1.54) is 12.1 Å². The summed E-state index contributed by atoms with van der Waals surface area (Å²) in [7, 11) is 0. The Kier molecular flexibility index (Phi) is 5.72. The Balaban J connectivity index is 2.60. The zero-order valence-corrected chi connectivity index (χ0v) is 11.4. The van der Waals surface area contributed by atoms with Gasteiger partial charge in [0.1, 0.15) is 5.75 Å². The van der Waals surface area contributed by atoms with E-state index >= 15 is 0 Å². The van der Waals surface area contributed by atoms with E-state index in [1.54, 1.807) is 13.0 Å². The number of benzene rings is 1. The average Bonchev–Trinajstić information content (AvgIpc) is 2.31. The zero-order chi connectivity index (χ0) is 14.4. The van der Waals surface area contributed by atoms with E-state index < -0.39 is 11.2 Å². The van der Waals surface area contributed by atoms with Crippen LogP contribution in [0.1, 0.15) is 25.8 Å². The summed E-state index contributed by atoms with van der Waals surface area (Å²) in [5, 5.41) is 23.6. The predicted octanol–water partition coefficient (Wildman–Crippen LogP) is 1.99. The van der Waals surface area contributed by atoms with E-state index in [-0.39, 0.29) is 5.69 Å². The van der Waals surface area contributed by atoms with Crippen LogP contribution in [0.25, 0.3) is 0 Å². The van der Waals surface area contributed by atoms with Crippen molar-refractivity contribution in [1.29, 1.82) is 0 Å². The van der Waals surface area contributed by atoms with E-state index in [9.17, 15) is 15.2 Å². The number of hydrogen-bond donors (Lipinski definition) is 2. The summed E-state index contributed by atoms with van der Waals surface area (Å²) in [5.74, 6) is 0.339. The molecule has 0 heterocycles. The van der Waals surface area contributed by atoms with E-state index in [2.05, 4.69) is 5.32 Å². The van der Waals surface area contributed by atoms with Crippen molar-refractivity contribution >= 4 is 5.69 Å². The molecule has 19 heavy (non-hydrogen) atoms. The number of nitro groups is 1. The Bertz CT molecular complexity index is 435. The molecule has 106 valence electrons. The number of hydrogen-bond acceptors (Lipinski definition) is 5. The number of aliphatic hydroxyl groups is 1. The van der Waals surface area contributed by atoms with E-state index in [0.717, 1.165) is 5.56 Å². The summed E-state index contributed by atoms with van der Waals surface area (Å²) in [6.45, 7) is 6.42. The summed E-state index contributed by atoms with van der Waals surface area (Å²) in [6, 6.07) is 4.68. The fraction of sp³-hybridized carbons (Fsp3) is 0.538. The van der Waals surface area contributed by atoms with Gasteiger partial charge in [0, 0.05) is 25.1 Å². The van der Waals surface area contributed by atoms with Gasteiger partial charge in [0.25, 0.3) is 5.69 Å². The Hall–Kier alpha value is -1.66. The number of nitrogens with one attached hydrogen (secondary N) is 1. The van der Waals surface area contributed by atoms with E-state index in [1.807, 2.05) is 13.8 Å². The van der Waals surface area contributed by atoms with Gasteiger partial charge in [0.05, 0.1) is 11.0 Å². The van der Waals surface area contributed by atoms with Crippen molar-refractivity contribution < 1.29 is 14.8 Å². The van der Waals surface area contributed by atoms with Gasteiger partial charge in [-0.05, 0) is 18.6 Å². The molecule has 0 aliphatic carbocycles. The summed E-state index contributed by atoms with van der Waals surface area (Å²) >= 11 is 0. The molecule has 0 aromatic heterocycles. The summed E-state index contributed by atoms with van der Waals surface area (Å²) in [6.07, 6.45) is -0.563. The Morgan fingerprint density at radius 1 is 1.47 bits per heavy atom. The molecule has 0 fully saturated rings. The second-order valence-corrected chi connectivity index (χ2v) is 4.68. The third-order valence-corrected chi connectivity index (χ3v) is 2.59. The lowest BCUT2D eigenvalue weighted by Gasteiger charge is -2.16. The molecule has 6 heteroatoms. The number of non-ortho nitro benzene ring substituents is 1. The van der Waals surface area contributed by atoms with Crippen molar-refractivity contribution in [1.82, 2.24) is 5.32 Å². The highest BCUT2D eigenvalue weighted by Crippen LogP contribution is 2.25. The van der Waals surface area contributed by atoms with Gasteiger partial charge >= 0.3 is 0 Å². The predicted molar refractivity (Wildman–Crippen MR) is 72.2 cm³/mol. The molecule has 0 amide bonds. The smallest absolute Gasteiger partial charge is 0.273 e. The molecule has 0 radical (unpaired) electrons. The van der Waals surface area contributed by atoms with Gasteiger partial charge in [-0.3, -0.25) is 10.1 Å². The maximum Gasteiger partial charge on any atom is 0.273 e. The Labute approximate surface area is 112 Å². The van der Waals surface area contributed by atoms with Crippen molar-refractivity contribution in [3.05, 3.63) is 33.9 Å². The second-order valence-electron chi connectivity index (χ2n) is 4.68. The maximum absolute atomic E-state index is 10.7. The van der Waals surface area contributed by atoms with Gasteiger partial charge in [-0.15, -0.1) is 0 Å². The lowest BCUT2D eigenvalue weighted by Crippen LogP contribution is -2.28. The molecular formula is C13H20N2O4. The van der Waals surface area contributed by atoms with Crippen LogP contribution in [0.5, 0.6) is 5.75 Å². The van der Waals surface area contributed by atoms with Crippen LogP contribution in [-0.2, 0) is 0 Å². The molecule has 1 aromatic rings. The van der Waals surface area contributed by atoms with Gasteiger partial charge in [-0.25, -0.2) is 0 Å². The van der Waals surface area contributed by atoms with Crippen LogP contribution < -0.4 is 10.1 Å². The molecule has 2 N–H and O–H groups in total. The lowest BCUT2D eigenvalue weighted by atomic mass is 10.2. The van der Waals surface area contributed by atoms with Gasteiger partial charge < -0.3 is 15.2 Å². The van der Waals surface area contributed by atoms with Gasteiger partial charge in [0.2, 0.25) is 0 Å². The number of aliphatic hydroxyl groups excluding tert-OH is 1. The molecule has 1 atom stereocenters. The lowest BCUT2D eigenvalue weighted by molar-refractivity contribution is -0.385. The normalized spacial score (nSPS) is 12.5. The first kappa shape index (κ1) is 15.4. The molecule has 0 saturated heterocycles. The fourth-order valence-corrected chi connectivity index (χ4v) is 1.53. The van der Waals surface area contributed by atoms with Crippen molar-refractivity contribution in [2.24, 2.45) is 0 Å². The quantitative estimate of drug-likeness (QED) is 0.449. The third kappa shape index (κ3) is 5.23. The number of aryl methyl sites for hydroxylation is 1. The standard InChI is InChI=1S/C13H20N2O4/c1-9(2)14-7-6-13(16)19-12-8-11(15(17)18)5-4-10(12)3/h4-5,8-9,13-14,16H,6-7H2,1-3H3. The zero-order valence-electron chi connectivity index (χ0n) is 11.4. The van der Waals surface area contributed by atoms with Crippen molar-refractivity contribution in [2.45, 2.75) is 39.5 Å². The largest absolute Gasteiger partial charge is 0.465 e. The first-order valence-corrected chi connectivity index (χ1v) is 6.23. The van der Waals surface area contributed by atoms with Crippen molar-refractivity contribution in [3.8, 4) is 5.75 Å². The van der Waals surface area contributed by atoms with Gasteiger partial charge in [0.15, 0.2) is 6.29 Å². The van der Waals surface area contributed by atoms with Crippen LogP contribution in [-0.4, -0.2) is 28.9 Å². The second kappa shape index (κ2) is 7.06. The number of nitrogens with zero attached hydrogens (tertiary/aromatic N) is 1. The molecule has 0 saturated carbocycles. The van der Waals surface area contributed by atoms with Crippen LogP contribution in [0.15, 0.2) is 18.2 Å². The molecule has 0 aliphatic heterocycles. The minimum atomic E-state index is -0.980. The van der Waals surface area contributed by atoms with Crippen LogP contribution in [0.4, 0.5) is 5.69 Å². The Morgan fingerprint density at radius 3 is 2.74 bits per heavy atom. The monoisotopic (exact) mass is 268 g/mol.